The lowest BCUT2D eigenvalue weighted by molar-refractivity contribution is -0.131. The first-order valence-corrected chi connectivity index (χ1v) is 10.4. The third-order valence-corrected chi connectivity index (χ3v) is 6.55. The summed E-state index contributed by atoms with van der Waals surface area (Å²) in [6.45, 7) is 2.78. The van der Waals surface area contributed by atoms with Crippen molar-refractivity contribution < 1.29 is 22.7 Å². The predicted molar refractivity (Wildman–Crippen MR) is 104 cm³/mol. The Balaban J connectivity index is 1.23. The van der Waals surface area contributed by atoms with Gasteiger partial charge in [-0.1, -0.05) is 30.2 Å². The Labute approximate surface area is 172 Å². The number of para-hydroxylation sites is 1. The average molecular weight is 418 g/mol. The summed E-state index contributed by atoms with van der Waals surface area (Å²) in [5, 5.41) is 11.2. The van der Waals surface area contributed by atoms with E-state index < -0.39 is 17.4 Å². The summed E-state index contributed by atoms with van der Waals surface area (Å²) >= 11 is 0. The van der Waals surface area contributed by atoms with Crippen LogP contribution in [0.15, 0.2) is 28.7 Å². The van der Waals surface area contributed by atoms with Gasteiger partial charge in [-0.15, -0.1) is 5.10 Å². The van der Waals surface area contributed by atoms with Crippen molar-refractivity contribution in [1.82, 2.24) is 15.1 Å². The number of nitrogens with zero attached hydrogens (tertiary/aromatic N) is 3. The zero-order valence-corrected chi connectivity index (χ0v) is 16.7. The highest BCUT2D eigenvalue weighted by atomic mass is 19.3. The van der Waals surface area contributed by atoms with Gasteiger partial charge < -0.3 is 19.4 Å². The molecule has 7 nitrogen and oxygen atoms in total. The first-order chi connectivity index (χ1) is 14.4. The van der Waals surface area contributed by atoms with E-state index in [1.165, 1.54) is 4.90 Å². The van der Waals surface area contributed by atoms with Crippen LogP contribution in [0, 0.1) is 5.41 Å². The third kappa shape index (κ3) is 3.20. The lowest BCUT2D eigenvalue weighted by Gasteiger charge is -2.23. The fraction of sp³-hybridized carbons (Fsp3) is 0.571. The van der Waals surface area contributed by atoms with Crippen molar-refractivity contribution >= 4 is 11.9 Å². The molecular formula is C21H24F2N4O3. The first-order valence-electron chi connectivity index (χ1n) is 10.4. The molecule has 3 heterocycles. The molecule has 2 fully saturated rings. The van der Waals surface area contributed by atoms with Crippen LogP contribution in [0.1, 0.15) is 43.6 Å². The van der Waals surface area contributed by atoms with E-state index in [0.29, 0.717) is 31.9 Å². The molecule has 160 valence electrons. The van der Waals surface area contributed by atoms with Gasteiger partial charge in [0, 0.05) is 19.5 Å². The maximum Gasteiger partial charge on any atom is 0.316 e. The van der Waals surface area contributed by atoms with Gasteiger partial charge in [0.1, 0.15) is 18.4 Å². The number of hydrogen-bond acceptors (Lipinski definition) is 6. The Kier molecular flexibility index (Phi) is 4.44. The van der Waals surface area contributed by atoms with E-state index in [9.17, 15) is 13.6 Å². The number of likely N-dealkylation sites (tertiary alicyclic amines) is 1. The van der Waals surface area contributed by atoms with Crippen LogP contribution in [0.3, 0.4) is 0 Å². The Hall–Kier alpha value is -2.71. The SMILES string of the molecule is CC[C@@H](Nc1nnc(C2COc3ccccc3C2)o1)C(=O)N1CCC2(C1)CC2(F)F. The number of aromatic nitrogens is 2. The van der Waals surface area contributed by atoms with Crippen LogP contribution in [0.25, 0.3) is 0 Å². The molecule has 0 bridgehead atoms. The molecule has 1 amide bonds. The quantitative estimate of drug-likeness (QED) is 0.803. The molecule has 1 N–H and O–H groups in total. The van der Waals surface area contributed by atoms with Crippen molar-refractivity contribution in [2.45, 2.75) is 50.5 Å². The molecule has 2 unspecified atom stereocenters. The molecule has 2 aliphatic heterocycles. The maximum absolute atomic E-state index is 13.6. The number of alkyl halides is 2. The number of benzene rings is 1. The number of carbonyl (C=O) groups excluding carboxylic acids is 1. The third-order valence-electron chi connectivity index (χ3n) is 6.55. The molecule has 1 saturated heterocycles. The standard InChI is InChI=1S/C21H24F2N4O3/c1-2-15(18(28)27-8-7-20(12-27)11-21(20,22)23)24-19-26-25-17(30-19)14-9-13-5-3-4-6-16(13)29-10-14/h3-6,14-15H,2,7-12H2,1H3,(H,24,26)/t14?,15-,20?/m1/s1. The van der Waals surface area contributed by atoms with E-state index in [1.807, 2.05) is 31.2 Å². The van der Waals surface area contributed by atoms with E-state index >= 15 is 0 Å². The fourth-order valence-corrected chi connectivity index (χ4v) is 4.54. The van der Waals surface area contributed by atoms with Crippen LogP contribution in [0.2, 0.25) is 0 Å². The van der Waals surface area contributed by atoms with Crippen molar-refractivity contribution in [3.8, 4) is 5.75 Å². The van der Waals surface area contributed by atoms with Crippen LogP contribution in [-0.4, -0.2) is 52.7 Å². The van der Waals surface area contributed by atoms with Crippen LogP contribution >= 0.6 is 0 Å². The van der Waals surface area contributed by atoms with Crippen molar-refractivity contribution in [2.75, 3.05) is 25.0 Å². The summed E-state index contributed by atoms with van der Waals surface area (Å²) < 4.78 is 38.8. The number of anilines is 1. The number of nitrogens with one attached hydrogen (secondary N) is 1. The smallest absolute Gasteiger partial charge is 0.316 e. The Bertz CT molecular complexity index is 965. The molecule has 3 aliphatic rings. The summed E-state index contributed by atoms with van der Waals surface area (Å²) in [7, 11) is 0. The van der Waals surface area contributed by atoms with E-state index in [2.05, 4.69) is 15.5 Å². The van der Waals surface area contributed by atoms with Gasteiger partial charge in [0.2, 0.25) is 11.8 Å². The molecule has 5 rings (SSSR count). The van der Waals surface area contributed by atoms with Crippen molar-refractivity contribution in [2.24, 2.45) is 5.41 Å². The Morgan fingerprint density at radius 3 is 2.90 bits per heavy atom. The molecule has 9 heteroatoms. The summed E-state index contributed by atoms with van der Waals surface area (Å²) in [5.74, 6) is -1.58. The summed E-state index contributed by atoms with van der Waals surface area (Å²) in [6.07, 6.45) is 1.46. The maximum atomic E-state index is 13.6. The number of rotatable bonds is 5. The van der Waals surface area contributed by atoms with E-state index in [-0.39, 0.29) is 30.8 Å². The van der Waals surface area contributed by atoms with Crippen LogP contribution in [0.5, 0.6) is 5.75 Å². The Morgan fingerprint density at radius 2 is 2.17 bits per heavy atom. The highest BCUT2D eigenvalue weighted by molar-refractivity contribution is 5.84. The molecule has 1 spiro atoms. The second-order valence-corrected chi connectivity index (χ2v) is 8.54. The molecule has 1 saturated carbocycles. The highest BCUT2D eigenvalue weighted by Gasteiger charge is 2.73. The number of carbonyl (C=O) groups is 1. The topological polar surface area (TPSA) is 80.5 Å². The van der Waals surface area contributed by atoms with E-state index in [4.69, 9.17) is 9.15 Å². The van der Waals surface area contributed by atoms with Gasteiger partial charge in [0.05, 0.1) is 11.3 Å². The molecule has 2 aromatic rings. The van der Waals surface area contributed by atoms with Crippen molar-refractivity contribution in [3.63, 3.8) is 0 Å². The van der Waals surface area contributed by atoms with Crippen LogP contribution in [-0.2, 0) is 11.2 Å². The van der Waals surface area contributed by atoms with Crippen molar-refractivity contribution in [1.29, 1.82) is 0 Å². The molecule has 3 atom stereocenters. The largest absolute Gasteiger partial charge is 0.492 e. The second-order valence-electron chi connectivity index (χ2n) is 8.54. The first kappa shape index (κ1) is 19.3. The lowest BCUT2D eigenvalue weighted by Crippen LogP contribution is -2.42. The molecular weight excluding hydrogens is 394 g/mol. The van der Waals surface area contributed by atoms with Gasteiger partial charge in [0.25, 0.3) is 5.92 Å². The van der Waals surface area contributed by atoms with Crippen molar-refractivity contribution in [3.05, 3.63) is 35.7 Å². The zero-order valence-electron chi connectivity index (χ0n) is 16.7. The number of amides is 1. The fourth-order valence-electron chi connectivity index (χ4n) is 4.54. The van der Waals surface area contributed by atoms with Gasteiger partial charge in [-0.25, -0.2) is 8.78 Å². The highest BCUT2D eigenvalue weighted by Crippen LogP contribution is 2.65. The summed E-state index contributed by atoms with van der Waals surface area (Å²) in [6, 6.07) is 7.41. The molecule has 1 aromatic carbocycles. The van der Waals surface area contributed by atoms with Crippen LogP contribution < -0.4 is 10.1 Å². The predicted octanol–water partition coefficient (Wildman–Crippen LogP) is 3.24. The number of fused-ring (bicyclic) bond motifs is 1. The molecule has 30 heavy (non-hydrogen) atoms. The number of ether oxygens (including phenoxy) is 1. The Morgan fingerprint density at radius 1 is 1.37 bits per heavy atom. The number of hydrogen-bond donors (Lipinski definition) is 1. The number of halogens is 2. The monoisotopic (exact) mass is 418 g/mol. The zero-order chi connectivity index (χ0) is 20.9. The van der Waals surface area contributed by atoms with Crippen LogP contribution in [0.4, 0.5) is 14.8 Å². The summed E-state index contributed by atoms with van der Waals surface area (Å²) in [4.78, 5) is 14.4. The minimum Gasteiger partial charge on any atom is -0.492 e. The summed E-state index contributed by atoms with van der Waals surface area (Å²) in [5.41, 5.74) is 0.0819. The molecule has 1 aromatic heterocycles. The minimum absolute atomic E-state index is 0.0609. The molecule has 1 aliphatic carbocycles. The van der Waals surface area contributed by atoms with Gasteiger partial charge in [-0.2, -0.15) is 0 Å². The van der Waals surface area contributed by atoms with Gasteiger partial charge in [-0.3, -0.25) is 4.79 Å². The van der Waals surface area contributed by atoms with Gasteiger partial charge in [0.15, 0.2) is 0 Å². The lowest BCUT2D eigenvalue weighted by atomic mass is 9.97. The van der Waals surface area contributed by atoms with Gasteiger partial charge in [-0.05, 0) is 30.9 Å². The van der Waals surface area contributed by atoms with Gasteiger partial charge >= 0.3 is 6.01 Å². The van der Waals surface area contributed by atoms with E-state index in [1.54, 1.807) is 0 Å². The minimum atomic E-state index is -2.64. The average Bonchev–Trinajstić information content (AvgIpc) is 3.14. The van der Waals surface area contributed by atoms with E-state index in [0.717, 1.165) is 17.7 Å². The molecule has 0 radical (unpaired) electrons. The second kappa shape index (κ2) is 6.92. The normalized spacial score (nSPS) is 27.4.